The Bertz CT molecular complexity index is 1170. The number of methoxy groups -OCH3 is 1. The van der Waals surface area contributed by atoms with Crippen LogP contribution in [-0.4, -0.2) is 54.5 Å². The number of aromatic nitrogens is 1. The second-order valence-electron chi connectivity index (χ2n) is 9.64. The maximum Gasteiger partial charge on any atom is 0.332 e. The molecule has 9 heteroatoms. The molecule has 1 rings (SSSR count). The molecule has 9 nitrogen and oxygen atoms in total. The van der Waals surface area contributed by atoms with Crippen LogP contribution in [0.25, 0.3) is 0 Å². The molecule has 2 N–H and O–H groups in total. The zero-order valence-electron chi connectivity index (χ0n) is 26.2. The minimum absolute atomic E-state index is 0.219. The molecule has 1 aromatic rings. The number of carbonyl (C=O) groups excluding carboxylic acids is 4. The molecule has 2 unspecified atom stereocenters. The topological polar surface area (TPSA) is 124 Å². The molecule has 0 aliphatic carbocycles. The van der Waals surface area contributed by atoms with Crippen LogP contribution in [0.15, 0.2) is 97.4 Å². The van der Waals surface area contributed by atoms with E-state index in [9.17, 15) is 19.2 Å². The minimum Gasteiger partial charge on any atom is -0.467 e. The van der Waals surface area contributed by atoms with Crippen molar-refractivity contribution in [3.8, 4) is 0 Å². The molecule has 1 aromatic heterocycles. The van der Waals surface area contributed by atoms with Crippen molar-refractivity contribution in [3.05, 3.63) is 103 Å². The van der Waals surface area contributed by atoms with E-state index in [0.717, 1.165) is 45.6 Å². The first-order valence-electron chi connectivity index (χ1n) is 15.0. The third kappa shape index (κ3) is 18.8. The number of amides is 2. The van der Waals surface area contributed by atoms with Gasteiger partial charge in [0, 0.05) is 18.8 Å². The summed E-state index contributed by atoms with van der Waals surface area (Å²) in [6.07, 6.45) is 33.6. The van der Waals surface area contributed by atoms with Crippen LogP contribution in [0.2, 0.25) is 0 Å². The lowest BCUT2D eigenvalue weighted by molar-refractivity contribution is -0.155. The molecule has 2 atom stereocenters. The SMILES string of the molecule is CC/C=C\C/C=C\C/C=C\C/C=C\C/C=C\C/C=C\CCC(=O)NCC(=O)OC(C)C(NC(=O)c1cccnc1)C(=O)OC. The molecule has 0 aliphatic rings. The van der Waals surface area contributed by atoms with Gasteiger partial charge in [-0.25, -0.2) is 4.79 Å². The summed E-state index contributed by atoms with van der Waals surface area (Å²) in [4.78, 5) is 52.8. The molecule has 0 radical (unpaired) electrons. The van der Waals surface area contributed by atoms with Crippen LogP contribution in [0.4, 0.5) is 0 Å². The highest BCUT2D eigenvalue weighted by Crippen LogP contribution is 2.05. The zero-order valence-corrected chi connectivity index (χ0v) is 26.2. The Balaban J connectivity index is 2.21. The predicted octanol–water partition coefficient (Wildman–Crippen LogP) is 5.88. The van der Waals surface area contributed by atoms with Crippen molar-refractivity contribution in [3.63, 3.8) is 0 Å². The van der Waals surface area contributed by atoms with E-state index >= 15 is 0 Å². The Hall–Kier alpha value is -4.53. The third-order valence-corrected chi connectivity index (χ3v) is 6.02. The molecule has 0 spiro atoms. The first kappa shape index (κ1) is 37.5. The van der Waals surface area contributed by atoms with E-state index in [1.54, 1.807) is 6.07 Å². The highest BCUT2D eigenvalue weighted by Gasteiger charge is 2.31. The highest BCUT2D eigenvalue weighted by molar-refractivity contribution is 5.96. The van der Waals surface area contributed by atoms with Crippen molar-refractivity contribution < 1.29 is 28.7 Å². The second kappa shape index (κ2) is 25.0. The van der Waals surface area contributed by atoms with Gasteiger partial charge in [-0.2, -0.15) is 0 Å². The lowest BCUT2D eigenvalue weighted by atomic mass is 10.1. The maximum atomic E-state index is 12.4. The molecule has 2 amide bonds. The van der Waals surface area contributed by atoms with Crippen molar-refractivity contribution in [1.82, 2.24) is 15.6 Å². The fourth-order valence-electron chi connectivity index (χ4n) is 3.65. The molecule has 0 saturated heterocycles. The van der Waals surface area contributed by atoms with Gasteiger partial charge in [-0.3, -0.25) is 19.4 Å². The molecule has 0 bridgehead atoms. The van der Waals surface area contributed by atoms with Crippen LogP contribution in [0.1, 0.15) is 75.6 Å². The van der Waals surface area contributed by atoms with Crippen LogP contribution in [-0.2, 0) is 23.9 Å². The largest absolute Gasteiger partial charge is 0.467 e. The van der Waals surface area contributed by atoms with Gasteiger partial charge in [0.25, 0.3) is 5.91 Å². The van der Waals surface area contributed by atoms with Gasteiger partial charge in [-0.1, -0.05) is 79.8 Å². The lowest BCUT2D eigenvalue weighted by Crippen LogP contribution is -2.50. The summed E-state index contributed by atoms with van der Waals surface area (Å²) in [5.74, 6) is -2.39. The highest BCUT2D eigenvalue weighted by atomic mass is 16.6. The van der Waals surface area contributed by atoms with E-state index < -0.39 is 30.0 Å². The van der Waals surface area contributed by atoms with E-state index in [0.29, 0.717) is 6.42 Å². The quantitative estimate of drug-likeness (QED) is 0.133. The van der Waals surface area contributed by atoms with E-state index in [2.05, 4.69) is 83.3 Å². The van der Waals surface area contributed by atoms with Crippen molar-refractivity contribution in [2.45, 2.75) is 77.4 Å². The number of ether oxygens (including phenoxy) is 2. The average molecular weight is 606 g/mol. The van der Waals surface area contributed by atoms with Crippen molar-refractivity contribution in [2.24, 2.45) is 0 Å². The number of carbonyl (C=O) groups is 4. The van der Waals surface area contributed by atoms with Crippen molar-refractivity contribution in [2.75, 3.05) is 13.7 Å². The molecular formula is C35H47N3O6. The number of hydrogen-bond donors (Lipinski definition) is 2. The molecule has 0 aromatic carbocycles. The third-order valence-electron chi connectivity index (χ3n) is 6.02. The summed E-state index contributed by atoms with van der Waals surface area (Å²) in [6.45, 7) is 3.22. The number of pyridine rings is 1. The molecular weight excluding hydrogens is 558 g/mol. The van der Waals surface area contributed by atoms with Gasteiger partial charge in [-0.15, -0.1) is 0 Å². The van der Waals surface area contributed by atoms with Crippen molar-refractivity contribution in [1.29, 1.82) is 0 Å². The molecule has 238 valence electrons. The van der Waals surface area contributed by atoms with E-state index in [1.165, 1.54) is 25.4 Å². The van der Waals surface area contributed by atoms with Gasteiger partial charge in [0.2, 0.25) is 5.91 Å². The fourth-order valence-corrected chi connectivity index (χ4v) is 3.65. The Morgan fingerprint density at radius 1 is 0.841 bits per heavy atom. The minimum atomic E-state index is -1.24. The van der Waals surface area contributed by atoms with Crippen LogP contribution in [0, 0.1) is 0 Å². The molecule has 0 saturated carbocycles. The maximum absolute atomic E-state index is 12.4. The monoisotopic (exact) mass is 605 g/mol. The lowest BCUT2D eigenvalue weighted by Gasteiger charge is -2.23. The van der Waals surface area contributed by atoms with E-state index in [-0.39, 0.29) is 24.4 Å². The van der Waals surface area contributed by atoms with Gasteiger partial charge in [0.1, 0.15) is 12.6 Å². The number of rotatable bonds is 21. The number of allylic oxidation sites excluding steroid dienone is 12. The van der Waals surface area contributed by atoms with Crippen LogP contribution in [0.3, 0.4) is 0 Å². The summed E-state index contributed by atoms with van der Waals surface area (Å²) in [7, 11) is 1.16. The predicted molar refractivity (Wildman–Crippen MR) is 174 cm³/mol. The zero-order chi connectivity index (χ0) is 32.3. The summed E-state index contributed by atoms with van der Waals surface area (Å²) < 4.78 is 9.98. The van der Waals surface area contributed by atoms with Crippen LogP contribution in [0.5, 0.6) is 0 Å². The van der Waals surface area contributed by atoms with Crippen LogP contribution >= 0.6 is 0 Å². The average Bonchev–Trinajstić information content (AvgIpc) is 3.03. The summed E-state index contributed by atoms with van der Waals surface area (Å²) in [6, 6.07) is 1.87. The first-order valence-corrected chi connectivity index (χ1v) is 15.0. The van der Waals surface area contributed by atoms with E-state index in [4.69, 9.17) is 9.47 Å². The Labute approximate surface area is 261 Å². The summed E-state index contributed by atoms with van der Waals surface area (Å²) in [5, 5.41) is 5.00. The number of nitrogens with one attached hydrogen (secondary N) is 2. The second-order valence-corrected chi connectivity index (χ2v) is 9.64. The Kier molecular flexibility index (Phi) is 21.3. The normalized spacial score (nSPS) is 13.3. The summed E-state index contributed by atoms with van der Waals surface area (Å²) in [5.41, 5.74) is 0.235. The molecule has 0 fully saturated rings. The first-order chi connectivity index (χ1) is 21.4. The number of esters is 2. The summed E-state index contributed by atoms with van der Waals surface area (Å²) >= 11 is 0. The van der Waals surface area contributed by atoms with Gasteiger partial charge in [0.05, 0.1) is 12.7 Å². The van der Waals surface area contributed by atoms with Gasteiger partial charge < -0.3 is 20.1 Å². The van der Waals surface area contributed by atoms with Gasteiger partial charge >= 0.3 is 11.9 Å². The fraction of sp³-hybridized carbons (Fsp3) is 0.400. The molecule has 0 aliphatic heterocycles. The standard InChI is InChI=1S/C35H47N3O6/c1-4-5-6-7-8-9-10-11-12-13-14-15-16-17-18-19-20-21-22-25-31(39)37-28-32(40)44-29(2)33(35(42)43-3)38-34(41)30-24-23-26-36-27-30/h5-6,8-9,11-12,14-15,17-18,20-21,23-24,26-27,29,33H,4,7,10,13,16,19,22,25,28H2,1-3H3,(H,37,39)(H,38,41)/b6-5-,9-8-,12-11-,15-14-,18-17-,21-20-. The number of nitrogens with zero attached hydrogens (tertiary/aromatic N) is 1. The van der Waals surface area contributed by atoms with Crippen molar-refractivity contribution >= 4 is 23.8 Å². The van der Waals surface area contributed by atoms with E-state index in [1.807, 2.05) is 12.2 Å². The number of hydrogen-bond acceptors (Lipinski definition) is 7. The van der Waals surface area contributed by atoms with Gasteiger partial charge in [0.15, 0.2) is 6.04 Å². The Morgan fingerprint density at radius 2 is 1.39 bits per heavy atom. The van der Waals surface area contributed by atoms with Gasteiger partial charge in [-0.05, 0) is 64.0 Å². The smallest absolute Gasteiger partial charge is 0.332 e. The van der Waals surface area contributed by atoms with Crippen LogP contribution < -0.4 is 10.6 Å². The Morgan fingerprint density at radius 3 is 1.89 bits per heavy atom. The molecule has 44 heavy (non-hydrogen) atoms. The molecule has 1 heterocycles.